The van der Waals surface area contributed by atoms with Crippen molar-refractivity contribution in [2.75, 3.05) is 10.7 Å². The smallest absolute Gasteiger partial charge is 0.240 e. The number of nitrogens with zero attached hydrogens (tertiary/aromatic N) is 3. The van der Waals surface area contributed by atoms with Gasteiger partial charge in [0, 0.05) is 5.69 Å². The van der Waals surface area contributed by atoms with Crippen molar-refractivity contribution in [1.29, 1.82) is 0 Å². The van der Waals surface area contributed by atoms with Crippen LogP contribution in [0.25, 0.3) is 0 Å². The molecule has 5 rings (SSSR count). The number of carbonyl (C=O) groups is 1. The van der Waals surface area contributed by atoms with Crippen LogP contribution in [-0.4, -0.2) is 26.0 Å². The van der Waals surface area contributed by atoms with E-state index in [9.17, 15) is 4.79 Å². The zero-order chi connectivity index (χ0) is 24.4. The Morgan fingerprint density at radius 3 is 2.51 bits per heavy atom. The zero-order valence-corrected chi connectivity index (χ0v) is 20.7. The highest BCUT2D eigenvalue weighted by atomic mass is 32.2. The van der Waals surface area contributed by atoms with Crippen LogP contribution in [-0.2, 0) is 11.4 Å². The molecule has 0 saturated carbocycles. The Kier molecular flexibility index (Phi) is 6.46. The Labute approximate surface area is 208 Å². The minimum atomic E-state index is -0.445. The number of aromatic nitrogens is 3. The highest BCUT2D eigenvalue weighted by Gasteiger charge is 2.38. The molecular weight excluding hydrogens is 458 g/mol. The fourth-order valence-electron chi connectivity index (χ4n) is 3.91. The lowest BCUT2D eigenvalue weighted by Crippen LogP contribution is -2.41. The van der Waals surface area contributed by atoms with Gasteiger partial charge in [0.1, 0.15) is 17.6 Å². The fourth-order valence-corrected chi connectivity index (χ4v) is 5.01. The van der Waals surface area contributed by atoms with Gasteiger partial charge < -0.3 is 15.5 Å². The van der Waals surface area contributed by atoms with Crippen LogP contribution in [0.15, 0.2) is 78.0 Å². The number of nitrogens with one attached hydrogen (secondary N) is 2. The normalized spacial score (nSPS) is 16.8. The van der Waals surface area contributed by atoms with Crippen molar-refractivity contribution in [1.82, 2.24) is 14.9 Å². The van der Waals surface area contributed by atoms with Gasteiger partial charge in [-0.1, -0.05) is 65.9 Å². The van der Waals surface area contributed by atoms with Crippen LogP contribution in [0.2, 0.25) is 0 Å². The van der Waals surface area contributed by atoms with Gasteiger partial charge in [0.15, 0.2) is 5.82 Å². The Hall–Kier alpha value is -3.78. The number of amides is 1. The second-order valence-electron chi connectivity index (χ2n) is 8.68. The van der Waals surface area contributed by atoms with Crippen LogP contribution in [0, 0.1) is 20.8 Å². The maximum absolute atomic E-state index is 13.5. The zero-order valence-electron chi connectivity index (χ0n) is 19.9. The standard InChI is InChI=1S/C27H27N5O2S/c1-17-9-12-20(13-10-17)24-25(26(33)28-21-14-11-18(2)19(3)15-21)35-27-30-29-23(32(27)31-24)16-34-22-7-5-4-6-8-22/h4-15,24-25,31H,16H2,1-3H3,(H,28,33)/t24-,25-/m0/s1. The molecular formula is C27H27N5O2S. The van der Waals surface area contributed by atoms with Crippen molar-refractivity contribution < 1.29 is 9.53 Å². The number of rotatable bonds is 6. The van der Waals surface area contributed by atoms with Gasteiger partial charge in [0.25, 0.3) is 0 Å². The summed E-state index contributed by atoms with van der Waals surface area (Å²) in [6.45, 7) is 6.40. The number of thioether (sulfide) groups is 1. The topological polar surface area (TPSA) is 81.1 Å². The van der Waals surface area contributed by atoms with E-state index in [0.717, 1.165) is 28.1 Å². The minimum Gasteiger partial charge on any atom is -0.486 e. The van der Waals surface area contributed by atoms with Gasteiger partial charge >= 0.3 is 0 Å². The molecule has 2 heterocycles. The Morgan fingerprint density at radius 1 is 1.00 bits per heavy atom. The third-order valence-corrected chi connectivity index (χ3v) is 7.30. The molecule has 3 aromatic carbocycles. The number of aryl methyl sites for hydroxylation is 3. The van der Waals surface area contributed by atoms with E-state index in [0.29, 0.717) is 11.0 Å². The molecule has 0 bridgehead atoms. The molecule has 1 aromatic heterocycles. The third kappa shape index (κ3) is 5.02. The quantitative estimate of drug-likeness (QED) is 0.392. The summed E-state index contributed by atoms with van der Waals surface area (Å²) in [6, 6.07) is 23.5. The largest absolute Gasteiger partial charge is 0.486 e. The van der Waals surface area contributed by atoms with Crippen molar-refractivity contribution in [3.8, 4) is 5.75 Å². The number of anilines is 1. The van der Waals surface area contributed by atoms with Gasteiger partial charge in [0.2, 0.25) is 11.1 Å². The number of hydrogen-bond acceptors (Lipinski definition) is 6. The van der Waals surface area contributed by atoms with Crippen molar-refractivity contribution in [2.24, 2.45) is 0 Å². The molecule has 0 saturated heterocycles. The van der Waals surface area contributed by atoms with E-state index in [1.807, 2.05) is 67.1 Å². The summed E-state index contributed by atoms with van der Waals surface area (Å²) in [7, 11) is 0. The van der Waals surface area contributed by atoms with Crippen molar-refractivity contribution >= 4 is 23.4 Å². The molecule has 0 radical (unpaired) electrons. The number of fused-ring (bicyclic) bond motifs is 1. The first-order valence-corrected chi connectivity index (χ1v) is 12.4. The molecule has 0 spiro atoms. The monoisotopic (exact) mass is 485 g/mol. The van der Waals surface area contributed by atoms with E-state index in [1.165, 1.54) is 17.3 Å². The SMILES string of the molecule is Cc1ccc([C@@H]2Nn3c(COc4ccccc4)nnc3S[C@@H]2C(=O)Nc2ccc(C)c(C)c2)cc1. The first-order chi connectivity index (χ1) is 17.0. The average molecular weight is 486 g/mol. The maximum atomic E-state index is 13.5. The summed E-state index contributed by atoms with van der Waals surface area (Å²) in [6.07, 6.45) is 0. The minimum absolute atomic E-state index is 0.0901. The number of benzene rings is 3. The Bertz CT molecular complexity index is 1340. The Balaban J connectivity index is 1.42. The molecule has 2 atom stereocenters. The second kappa shape index (κ2) is 9.84. The van der Waals surface area contributed by atoms with Gasteiger partial charge in [-0.3, -0.25) is 4.79 Å². The van der Waals surface area contributed by atoms with Crippen LogP contribution in [0.4, 0.5) is 5.69 Å². The first kappa shape index (κ1) is 23.0. The predicted molar refractivity (Wildman–Crippen MR) is 138 cm³/mol. The lowest BCUT2D eigenvalue weighted by atomic mass is 10.0. The summed E-state index contributed by atoms with van der Waals surface area (Å²) in [4.78, 5) is 13.5. The van der Waals surface area contributed by atoms with Gasteiger partial charge in [0.05, 0.1) is 6.04 Å². The van der Waals surface area contributed by atoms with Crippen molar-refractivity contribution in [3.05, 3.63) is 101 Å². The van der Waals surface area contributed by atoms with E-state index in [4.69, 9.17) is 4.74 Å². The fraction of sp³-hybridized carbons (Fsp3) is 0.222. The highest BCUT2D eigenvalue weighted by molar-refractivity contribution is 8.00. The third-order valence-electron chi connectivity index (χ3n) is 6.08. The lowest BCUT2D eigenvalue weighted by molar-refractivity contribution is -0.116. The molecule has 0 fully saturated rings. The van der Waals surface area contributed by atoms with E-state index < -0.39 is 5.25 Å². The molecule has 1 amide bonds. The van der Waals surface area contributed by atoms with Crippen LogP contribution >= 0.6 is 11.8 Å². The lowest BCUT2D eigenvalue weighted by Gasteiger charge is -2.33. The Morgan fingerprint density at radius 2 is 1.77 bits per heavy atom. The number of ether oxygens (including phenoxy) is 1. The van der Waals surface area contributed by atoms with Crippen molar-refractivity contribution in [2.45, 2.75) is 43.8 Å². The molecule has 4 aromatic rings. The number of para-hydroxylation sites is 1. The molecule has 0 unspecified atom stereocenters. The molecule has 178 valence electrons. The van der Waals surface area contributed by atoms with Gasteiger partial charge in [-0.05, 0) is 61.7 Å². The summed E-state index contributed by atoms with van der Waals surface area (Å²) in [5.41, 5.74) is 8.76. The molecule has 0 aliphatic carbocycles. The number of hydrogen-bond donors (Lipinski definition) is 2. The van der Waals surface area contributed by atoms with Crippen LogP contribution in [0.1, 0.15) is 34.1 Å². The average Bonchev–Trinajstić information content (AvgIpc) is 3.27. The van der Waals surface area contributed by atoms with Crippen molar-refractivity contribution in [3.63, 3.8) is 0 Å². The number of carbonyl (C=O) groups excluding carboxylic acids is 1. The van der Waals surface area contributed by atoms with Crippen LogP contribution < -0.4 is 15.5 Å². The van der Waals surface area contributed by atoms with Gasteiger partial charge in [-0.15, -0.1) is 10.2 Å². The molecule has 2 N–H and O–H groups in total. The second-order valence-corrected chi connectivity index (χ2v) is 9.79. The molecule has 1 aliphatic rings. The summed E-state index contributed by atoms with van der Waals surface area (Å²) < 4.78 is 7.73. The summed E-state index contributed by atoms with van der Waals surface area (Å²) in [5, 5.41) is 11.9. The summed E-state index contributed by atoms with van der Waals surface area (Å²) >= 11 is 1.40. The van der Waals surface area contributed by atoms with E-state index in [-0.39, 0.29) is 18.6 Å². The predicted octanol–water partition coefficient (Wildman–Crippen LogP) is 5.18. The molecule has 35 heavy (non-hydrogen) atoms. The maximum Gasteiger partial charge on any atom is 0.240 e. The highest BCUT2D eigenvalue weighted by Crippen LogP contribution is 2.38. The molecule has 1 aliphatic heterocycles. The van der Waals surface area contributed by atoms with Crippen LogP contribution in [0.5, 0.6) is 5.75 Å². The molecule has 7 nitrogen and oxygen atoms in total. The van der Waals surface area contributed by atoms with Crippen LogP contribution in [0.3, 0.4) is 0 Å². The summed E-state index contributed by atoms with van der Waals surface area (Å²) in [5.74, 6) is 1.31. The van der Waals surface area contributed by atoms with Gasteiger partial charge in [-0.2, -0.15) is 0 Å². The van der Waals surface area contributed by atoms with E-state index >= 15 is 0 Å². The van der Waals surface area contributed by atoms with E-state index in [1.54, 1.807) is 0 Å². The van der Waals surface area contributed by atoms with Gasteiger partial charge in [-0.25, -0.2) is 4.68 Å². The first-order valence-electron chi connectivity index (χ1n) is 11.5. The van der Waals surface area contributed by atoms with E-state index in [2.05, 4.69) is 52.1 Å². The molecule has 8 heteroatoms.